The van der Waals surface area contributed by atoms with E-state index in [4.69, 9.17) is 10.5 Å². The largest absolute Gasteiger partial charge is 0.372 e. The molecule has 1 aromatic rings. The number of rotatable bonds is 6. The summed E-state index contributed by atoms with van der Waals surface area (Å²) < 4.78 is 7.81. The second-order valence-corrected chi connectivity index (χ2v) is 6.55. The molecule has 1 saturated carbocycles. The van der Waals surface area contributed by atoms with E-state index in [1.54, 1.807) is 22.9 Å². The lowest BCUT2D eigenvalue weighted by Gasteiger charge is -2.40. The summed E-state index contributed by atoms with van der Waals surface area (Å²) in [6, 6.07) is 5.20. The lowest BCUT2D eigenvalue weighted by atomic mass is 9.74. The van der Waals surface area contributed by atoms with E-state index in [-0.39, 0.29) is 11.2 Å². The van der Waals surface area contributed by atoms with Crippen LogP contribution in [-0.2, 0) is 11.3 Å². The molecule has 118 valence electrons. The Labute approximate surface area is 127 Å². The third-order valence-electron chi connectivity index (χ3n) is 4.90. The fourth-order valence-electron chi connectivity index (χ4n) is 3.25. The van der Waals surface area contributed by atoms with Gasteiger partial charge in [0.1, 0.15) is 0 Å². The first-order valence-corrected chi connectivity index (χ1v) is 8.06. The second-order valence-electron chi connectivity index (χ2n) is 6.55. The Kier molecular flexibility index (Phi) is 5.59. The molecule has 1 fully saturated rings. The maximum absolute atomic E-state index is 11.7. The van der Waals surface area contributed by atoms with Crippen LogP contribution >= 0.6 is 0 Å². The summed E-state index contributed by atoms with van der Waals surface area (Å²) >= 11 is 0. The fraction of sp³-hybridized carbons (Fsp3) is 0.706. The van der Waals surface area contributed by atoms with E-state index in [9.17, 15) is 4.79 Å². The molecule has 0 unspecified atom stereocenters. The van der Waals surface area contributed by atoms with Crippen LogP contribution in [0.1, 0.15) is 39.5 Å². The van der Waals surface area contributed by atoms with Gasteiger partial charge in [0.25, 0.3) is 5.56 Å². The second kappa shape index (κ2) is 7.23. The highest BCUT2D eigenvalue weighted by atomic mass is 16.5. The van der Waals surface area contributed by atoms with Crippen molar-refractivity contribution in [3.63, 3.8) is 0 Å². The van der Waals surface area contributed by atoms with Crippen LogP contribution in [0.4, 0.5) is 0 Å². The van der Waals surface area contributed by atoms with Crippen LogP contribution in [0.15, 0.2) is 29.2 Å². The van der Waals surface area contributed by atoms with Gasteiger partial charge in [-0.05, 0) is 43.6 Å². The average molecular weight is 292 g/mol. The highest BCUT2D eigenvalue weighted by molar-refractivity contribution is 4.93. The van der Waals surface area contributed by atoms with Crippen molar-refractivity contribution in [1.82, 2.24) is 4.57 Å². The van der Waals surface area contributed by atoms with Gasteiger partial charge in [-0.2, -0.15) is 0 Å². The topological polar surface area (TPSA) is 57.2 Å². The van der Waals surface area contributed by atoms with E-state index in [2.05, 4.69) is 13.8 Å². The molecule has 21 heavy (non-hydrogen) atoms. The van der Waals surface area contributed by atoms with E-state index in [0.29, 0.717) is 19.7 Å². The van der Waals surface area contributed by atoms with Crippen molar-refractivity contribution in [2.24, 2.45) is 17.6 Å². The van der Waals surface area contributed by atoms with E-state index in [0.717, 1.165) is 24.7 Å². The van der Waals surface area contributed by atoms with Gasteiger partial charge in [0.05, 0.1) is 12.2 Å². The molecule has 2 N–H and O–H groups in total. The standard InChI is InChI=1S/C17H28N2O2/c1-14(2)15-6-8-17(13-18,9-7-15)21-12-11-19-10-4-3-5-16(19)20/h3-5,10,14-15H,6-9,11-13,18H2,1-2H3. The zero-order valence-corrected chi connectivity index (χ0v) is 13.3. The summed E-state index contributed by atoms with van der Waals surface area (Å²) in [5.74, 6) is 1.54. The molecule has 0 aliphatic heterocycles. The Morgan fingerprint density at radius 1 is 1.38 bits per heavy atom. The van der Waals surface area contributed by atoms with Gasteiger partial charge < -0.3 is 15.0 Å². The first-order valence-electron chi connectivity index (χ1n) is 8.06. The van der Waals surface area contributed by atoms with Crippen LogP contribution in [0.2, 0.25) is 0 Å². The summed E-state index contributed by atoms with van der Waals surface area (Å²) in [7, 11) is 0. The molecule has 0 saturated heterocycles. The van der Waals surface area contributed by atoms with Crippen LogP contribution in [0.5, 0.6) is 0 Å². The number of hydrogen-bond acceptors (Lipinski definition) is 3. The van der Waals surface area contributed by atoms with E-state index < -0.39 is 0 Å². The minimum absolute atomic E-state index is 0.0198. The Bertz CT molecular complexity index is 488. The van der Waals surface area contributed by atoms with Gasteiger partial charge in [-0.15, -0.1) is 0 Å². The molecule has 0 atom stereocenters. The van der Waals surface area contributed by atoms with Gasteiger partial charge in [-0.1, -0.05) is 19.9 Å². The molecule has 4 heteroatoms. The number of ether oxygens (including phenoxy) is 1. The number of hydrogen-bond donors (Lipinski definition) is 1. The molecular weight excluding hydrogens is 264 g/mol. The van der Waals surface area contributed by atoms with Crippen LogP contribution in [0, 0.1) is 11.8 Å². The molecule has 2 rings (SSSR count). The molecule has 0 radical (unpaired) electrons. The zero-order chi connectivity index (χ0) is 15.3. The van der Waals surface area contributed by atoms with E-state index >= 15 is 0 Å². The maximum Gasteiger partial charge on any atom is 0.250 e. The van der Waals surface area contributed by atoms with Crippen LogP contribution in [0.3, 0.4) is 0 Å². The molecule has 0 bridgehead atoms. The Hall–Kier alpha value is -1.13. The van der Waals surface area contributed by atoms with Crippen molar-refractivity contribution in [2.75, 3.05) is 13.2 Å². The molecular formula is C17H28N2O2. The monoisotopic (exact) mass is 292 g/mol. The highest BCUT2D eigenvalue weighted by Crippen LogP contribution is 2.37. The molecule has 0 spiro atoms. The van der Waals surface area contributed by atoms with Crippen molar-refractivity contribution in [2.45, 2.75) is 51.7 Å². The number of nitrogens with two attached hydrogens (primary N) is 1. The first-order chi connectivity index (χ1) is 10.1. The van der Waals surface area contributed by atoms with Crippen molar-refractivity contribution in [1.29, 1.82) is 0 Å². The summed E-state index contributed by atoms with van der Waals surface area (Å²) in [5, 5.41) is 0. The van der Waals surface area contributed by atoms with Crippen LogP contribution in [-0.4, -0.2) is 23.3 Å². The molecule has 1 aromatic heterocycles. The van der Waals surface area contributed by atoms with Gasteiger partial charge in [0.2, 0.25) is 0 Å². The summed E-state index contributed by atoms with van der Waals surface area (Å²) in [4.78, 5) is 11.7. The molecule has 1 heterocycles. The maximum atomic E-state index is 11.7. The SMILES string of the molecule is CC(C)C1CCC(CN)(OCCn2ccccc2=O)CC1. The Morgan fingerprint density at radius 2 is 2.10 bits per heavy atom. The summed E-state index contributed by atoms with van der Waals surface area (Å²) in [6.07, 6.45) is 6.27. The van der Waals surface area contributed by atoms with Crippen LogP contribution in [0.25, 0.3) is 0 Å². The molecule has 4 nitrogen and oxygen atoms in total. The normalized spacial score (nSPS) is 26.2. The molecule has 0 aromatic carbocycles. The fourth-order valence-corrected chi connectivity index (χ4v) is 3.25. The molecule has 1 aliphatic carbocycles. The van der Waals surface area contributed by atoms with Crippen molar-refractivity contribution in [3.8, 4) is 0 Å². The lowest BCUT2D eigenvalue weighted by Crippen LogP contribution is -2.45. The number of pyridine rings is 1. The van der Waals surface area contributed by atoms with E-state index in [1.807, 2.05) is 6.07 Å². The molecule has 1 aliphatic rings. The Balaban J connectivity index is 1.86. The Morgan fingerprint density at radius 3 is 2.67 bits per heavy atom. The minimum atomic E-state index is -0.177. The summed E-state index contributed by atoms with van der Waals surface area (Å²) in [5.41, 5.74) is 5.82. The lowest BCUT2D eigenvalue weighted by molar-refractivity contribution is -0.0771. The van der Waals surface area contributed by atoms with E-state index in [1.165, 1.54) is 12.8 Å². The van der Waals surface area contributed by atoms with Crippen LogP contribution < -0.4 is 11.3 Å². The number of aromatic nitrogens is 1. The predicted octanol–water partition coefficient (Wildman–Crippen LogP) is 2.41. The highest BCUT2D eigenvalue weighted by Gasteiger charge is 2.35. The van der Waals surface area contributed by atoms with Gasteiger partial charge in [-0.25, -0.2) is 0 Å². The molecule has 0 amide bonds. The third-order valence-corrected chi connectivity index (χ3v) is 4.90. The zero-order valence-electron chi connectivity index (χ0n) is 13.3. The average Bonchev–Trinajstić information content (AvgIpc) is 2.49. The smallest absolute Gasteiger partial charge is 0.250 e. The van der Waals surface area contributed by atoms with Gasteiger partial charge in [-0.3, -0.25) is 4.79 Å². The predicted molar refractivity (Wildman–Crippen MR) is 85.2 cm³/mol. The first kappa shape index (κ1) is 16.2. The van der Waals surface area contributed by atoms with Crippen molar-refractivity contribution >= 4 is 0 Å². The minimum Gasteiger partial charge on any atom is -0.372 e. The van der Waals surface area contributed by atoms with Gasteiger partial charge in [0, 0.05) is 25.4 Å². The van der Waals surface area contributed by atoms with Crippen molar-refractivity contribution < 1.29 is 4.74 Å². The van der Waals surface area contributed by atoms with Crippen molar-refractivity contribution in [3.05, 3.63) is 34.7 Å². The number of nitrogens with zero attached hydrogens (tertiary/aromatic N) is 1. The third kappa shape index (κ3) is 4.17. The summed E-state index contributed by atoms with van der Waals surface area (Å²) in [6.45, 7) is 6.30. The van der Waals surface area contributed by atoms with Gasteiger partial charge >= 0.3 is 0 Å². The quantitative estimate of drug-likeness (QED) is 0.876. The van der Waals surface area contributed by atoms with Gasteiger partial charge in [0.15, 0.2) is 0 Å².